The lowest BCUT2D eigenvalue weighted by molar-refractivity contribution is 0.243. The van der Waals surface area contributed by atoms with Crippen LogP contribution in [-0.2, 0) is 6.54 Å². The van der Waals surface area contributed by atoms with E-state index in [2.05, 4.69) is 20.6 Å². The zero-order valence-electron chi connectivity index (χ0n) is 14.6. The molecule has 0 saturated carbocycles. The van der Waals surface area contributed by atoms with Gasteiger partial charge >= 0.3 is 6.03 Å². The van der Waals surface area contributed by atoms with Gasteiger partial charge in [0.25, 0.3) is 0 Å². The number of anilines is 1. The molecular weight excluding hydrogens is 306 g/mol. The fraction of sp³-hybridized carbons (Fsp3) is 0.412. The van der Waals surface area contributed by atoms with Crippen LogP contribution in [0.1, 0.15) is 18.5 Å². The topological polar surface area (TPSA) is 71.4 Å². The van der Waals surface area contributed by atoms with Crippen LogP contribution < -0.4 is 15.4 Å². The lowest BCUT2D eigenvalue weighted by Crippen LogP contribution is -2.36. The van der Waals surface area contributed by atoms with E-state index >= 15 is 0 Å². The standard InChI is InChI=1S/C17H25N5O2/c1-5-22-12-14(10-19-22)20-17(23)18-11-16(21(2)3)13-6-8-15(24-4)9-7-13/h6-10,12,16H,5,11H2,1-4H3,(H2,18,20,23)/t16-/m0/s1. The number of methoxy groups -OCH3 is 1. The van der Waals surface area contributed by atoms with Crippen molar-refractivity contribution in [2.75, 3.05) is 33.1 Å². The number of rotatable bonds is 7. The highest BCUT2D eigenvalue weighted by molar-refractivity contribution is 5.88. The van der Waals surface area contributed by atoms with E-state index in [9.17, 15) is 4.79 Å². The molecule has 1 atom stereocenters. The minimum Gasteiger partial charge on any atom is -0.497 e. The maximum absolute atomic E-state index is 12.1. The van der Waals surface area contributed by atoms with Crippen molar-refractivity contribution in [2.45, 2.75) is 19.5 Å². The van der Waals surface area contributed by atoms with E-state index in [1.807, 2.05) is 45.3 Å². The molecule has 1 aromatic carbocycles. The number of benzene rings is 1. The molecule has 2 amide bonds. The number of amides is 2. The Labute approximate surface area is 142 Å². The molecule has 0 aliphatic rings. The molecule has 0 radical (unpaired) electrons. The Bertz CT molecular complexity index is 651. The van der Waals surface area contributed by atoms with Crippen LogP contribution in [0.15, 0.2) is 36.7 Å². The zero-order chi connectivity index (χ0) is 17.5. The molecular formula is C17H25N5O2. The first-order valence-electron chi connectivity index (χ1n) is 7.91. The van der Waals surface area contributed by atoms with Crippen LogP contribution >= 0.6 is 0 Å². The van der Waals surface area contributed by atoms with Crippen molar-refractivity contribution in [3.63, 3.8) is 0 Å². The van der Waals surface area contributed by atoms with Gasteiger partial charge in [-0.15, -0.1) is 0 Å². The monoisotopic (exact) mass is 331 g/mol. The largest absolute Gasteiger partial charge is 0.497 e. The maximum Gasteiger partial charge on any atom is 0.319 e. The lowest BCUT2D eigenvalue weighted by Gasteiger charge is -2.25. The quantitative estimate of drug-likeness (QED) is 0.817. The Morgan fingerprint density at radius 2 is 2.04 bits per heavy atom. The molecule has 0 saturated heterocycles. The van der Waals surface area contributed by atoms with Crippen LogP contribution in [0.3, 0.4) is 0 Å². The first kappa shape index (κ1) is 17.8. The number of nitrogens with zero attached hydrogens (tertiary/aromatic N) is 3. The van der Waals surface area contributed by atoms with Gasteiger partial charge in [-0.2, -0.15) is 5.10 Å². The second kappa shape index (κ2) is 8.35. The van der Waals surface area contributed by atoms with Gasteiger partial charge in [-0.3, -0.25) is 4.68 Å². The summed E-state index contributed by atoms with van der Waals surface area (Å²) >= 11 is 0. The molecule has 1 aromatic heterocycles. The number of carbonyl (C=O) groups is 1. The van der Waals surface area contributed by atoms with Gasteiger partial charge in [-0.25, -0.2) is 4.79 Å². The van der Waals surface area contributed by atoms with E-state index < -0.39 is 0 Å². The molecule has 0 spiro atoms. The average Bonchev–Trinajstić information content (AvgIpc) is 3.02. The average molecular weight is 331 g/mol. The first-order valence-corrected chi connectivity index (χ1v) is 7.91. The predicted molar refractivity (Wildman–Crippen MR) is 94.3 cm³/mol. The van der Waals surface area contributed by atoms with Crippen LogP contribution in [0.4, 0.5) is 10.5 Å². The molecule has 0 aliphatic carbocycles. The number of aromatic nitrogens is 2. The van der Waals surface area contributed by atoms with Crippen LogP contribution in [0.2, 0.25) is 0 Å². The number of carbonyl (C=O) groups excluding carboxylic acids is 1. The minimum atomic E-state index is -0.244. The van der Waals surface area contributed by atoms with Gasteiger partial charge in [0.1, 0.15) is 5.75 Å². The van der Waals surface area contributed by atoms with Crippen LogP contribution in [0.5, 0.6) is 5.75 Å². The van der Waals surface area contributed by atoms with E-state index in [4.69, 9.17) is 4.74 Å². The van der Waals surface area contributed by atoms with Gasteiger partial charge in [0.15, 0.2) is 0 Å². The highest BCUT2D eigenvalue weighted by Crippen LogP contribution is 2.20. The molecule has 2 rings (SSSR count). The summed E-state index contributed by atoms with van der Waals surface area (Å²) in [5.41, 5.74) is 1.79. The van der Waals surface area contributed by atoms with Gasteiger partial charge in [0, 0.05) is 19.3 Å². The second-order valence-electron chi connectivity index (χ2n) is 5.67. The van der Waals surface area contributed by atoms with Crippen LogP contribution in [-0.4, -0.2) is 48.5 Å². The Kier molecular flexibility index (Phi) is 6.20. The number of ether oxygens (including phenoxy) is 1. The zero-order valence-corrected chi connectivity index (χ0v) is 14.6. The van der Waals surface area contributed by atoms with Crippen molar-refractivity contribution in [3.8, 4) is 5.75 Å². The van der Waals surface area contributed by atoms with Crippen molar-refractivity contribution >= 4 is 11.7 Å². The molecule has 7 heteroatoms. The van der Waals surface area contributed by atoms with Gasteiger partial charge < -0.3 is 20.3 Å². The minimum absolute atomic E-state index is 0.0695. The maximum atomic E-state index is 12.1. The predicted octanol–water partition coefficient (Wildman–Crippen LogP) is 2.34. The number of aryl methyl sites for hydroxylation is 1. The summed E-state index contributed by atoms with van der Waals surface area (Å²) in [6.07, 6.45) is 3.43. The van der Waals surface area contributed by atoms with E-state index in [0.717, 1.165) is 17.9 Å². The van der Waals surface area contributed by atoms with Crippen molar-refractivity contribution in [2.24, 2.45) is 0 Å². The number of likely N-dealkylation sites (N-methyl/N-ethyl adjacent to an activating group) is 1. The third-order valence-electron chi connectivity index (χ3n) is 3.79. The number of nitrogens with one attached hydrogen (secondary N) is 2. The normalized spacial score (nSPS) is 12.0. The Hall–Kier alpha value is -2.54. The van der Waals surface area contributed by atoms with E-state index in [1.165, 1.54) is 0 Å². The fourth-order valence-corrected chi connectivity index (χ4v) is 2.39. The van der Waals surface area contributed by atoms with Gasteiger partial charge in [0.05, 0.1) is 25.0 Å². The molecule has 2 aromatic rings. The van der Waals surface area contributed by atoms with Gasteiger partial charge in [-0.05, 0) is 38.7 Å². The summed E-state index contributed by atoms with van der Waals surface area (Å²) in [6.45, 7) is 3.25. The van der Waals surface area contributed by atoms with Gasteiger partial charge in [-0.1, -0.05) is 12.1 Å². The fourth-order valence-electron chi connectivity index (χ4n) is 2.39. The summed E-state index contributed by atoms with van der Waals surface area (Å²) in [7, 11) is 5.62. The van der Waals surface area contributed by atoms with Crippen molar-refractivity contribution < 1.29 is 9.53 Å². The Morgan fingerprint density at radius 3 is 2.58 bits per heavy atom. The molecule has 0 fully saturated rings. The molecule has 130 valence electrons. The van der Waals surface area contributed by atoms with Crippen molar-refractivity contribution in [1.29, 1.82) is 0 Å². The third-order valence-corrected chi connectivity index (χ3v) is 3.79. The molecule has 0 aliphatic heterocycles. The summed E-state index contributed by atoms with van der Waals surface area (Å²) in [5, 5.41) is 9.82. The smallest absolute Gasteiger partial charge is 0.319 e. The summed E-state index contributed by atoms with van der Waals surface area (Å²) in [5.74, 6) is 0.815. The Balaban J connectivity index is 1.93. The third kappa shape index (κ3) is 4.73. The molecule has 2 N–H and O–H groups in total. The Morgan fingerprint density at radius 1 is 1.33 bits per heavy atom. The first-order chi connectivity index (χ1) is 11.5. The molecule has 1 heterocycles. The summed E-state index contributed by atoms with van der Waals surface area (Å²) in [6, 6.07) is 7.68. The lowest BCUT2D eigenvalue weighted by atomic mass is 10.1. The highest BCUT2D eigenvalue weighted by Gasteiger charge is 2.15. The molecule has 0 unspecified atom stereocenters. The number of hydrogen-bond acceptors (Lipinski definition) is 4. The van der Waals surface area contributed by atoms with Gasteiger partial charge in [0.2, 0.25) is 0 Å². The molecule has 0 bridgehead atoms. The SMILES string of the molecule is CCn1cc(NC(=O)NC[C@@H](c2ccc(OC)cc2)N(C)C)cn1. The summed E-state index contributed by atoms with van der Waals surface area (Å²) in [4.78, 5) is 14.1. The van der Waals surface area contributed by atoms with Crippen molar-refractivity contribution in [1.82, 2.24) is 20.0 Å². The van der Waals surface area contributed by atoms with Crippen LogP contribution in [0, 0.1) is 0 Å². The second-order valence-corrected chi connectivity index (χ2v) is 5.67. The van der Waals surface area contributed by atoms with Crippen molar-refractivity contribution in [3.05, 3.63) is 42.2 Å². The molecule has 7 nitrogen and oxygen atoms in total. The summed E-state index contributed by atoms with van der Waals surface area (Å²) < 4.78 is 6.94. The molecule has 24 heavy (non-hydrogen) atoms. The van der Waals surface area contributed by atoms with E-state index in [-0.39, 0.29) is 12.1 Å². The number of urea groups is 1. The number of hydrogen-bond donors (Lipinski definition) is 2. The highest BCUT2D eigenvalue weighted by atomic mass is 16.5. The van der Waals surface area contributed by atoms with Crippen LogP contribution in [0.25, 0.3) is 0 Å². The van der Waals surface area contributed by atoms with E-state index in [1.54, 1.807) is 24.2 Å². The van der Waals surface area contributed by atoms with E-state index in [0.29, 0.717) is 12.2 Å².